The molecule has 0 heterocycles. The van der Waals surface area contributed by atoms with Crippen molar-refractivity contribution in [2.24, 2.45) is 5.73 Å². The van der Waals surface area contributed by atoms with Crippen LogP contribution in [-0.2, 0) is 0 Å². The van der Waals surface area contributed by atoms with Gasteiger partial charge in [0.1, 0.15) is 0 Å². The van der Waals surface area contributed by atoms with Crippen LogP contribution < -0.4 is 5.73 Å². The van der Waals surface area contributed by atoms with Crippen molar-refractivity contribution < 1.29 is 18.3 Å². The zero-order chi connectivity index (χ0) is 11.6. The number of halogens is 5. The Morgan fingerprint density at radius 2 is 1.62 bits per heavy atom. The quantitative estimate of drug-likeness (QED) is 0.872. The Kier molecular flexibility index (Phi) is 5.55. The van der Waals surface area contributed by atoms with Crippen LogP contribution in [0.15, 0.2) is 24.3 Å². The highest BCUT2D eigenvalue weighted by Gasteiger charge is 2.42. The van der Waals surface area contributed by atoms with Crippen molar-refractivity contribution in [2.75, 3.05) is 0 Å². The molecule has 0 radical (unpaired) electrons. The lowest BCUT2D eigenvalue weighted by atomic mass is 10.0. The Hall–Kier alpha value is -0.490. The summed E-state index contributed by atoms with van der Waals surface area (Å²) in [6, 6.07) is 4.03. The lowest BCUT2D eigenvalue weighted by molar-refractivity contribution is -0.210. The molecule has 1 rings (SSSR count). The molecular weight excluding hydrogens is 266 g/mol. The summed E-state index contributed by atoms with van der Waals surface area (Å²) in [6.45, 7) is 0. The molecule has 0 aliphatic heterocycles. The molecule has 0 bridgehead atoms. The number of nitrogens with two attached hydrogens (primary N) is 1. The molecule has 0 spiro atoms. The van der Waals surface area contributed by atoms with Gasteiger partial charge >= 0.3 is 6.18 Å². The molecule has 7 heteroatoms. The van der Waals surface area contributed by atoms with E-state index in [-0.39, 0.29) is 18.0 Å². The smallest absolute Gasteiger partial charge is 0.382 e. The maximum atomic E-state index is 12.1. The summed E-state index contributed by atoms with van der Waals surface area (Å²) in [7, 11) is 0. The largest absolute Gasteiger partial charge is 0.416 e. The number of hydrogen-bond donors (Lipinski definition) is 2. The van der Waals surface area contributed by atoms with Gasteiger partial charge in [0, 0.05) is 5.02 Å². The van der Waals surface area contributed by atoms with Gasteiger partial charge in [0.05, 0.1) is 6.04 Å². The SMILES string of the molecule is Cl.N[C@H](c1ccc(Cl)cc1)[C@@H](O)C(F)(F)F. The lowest BCUT2D eigenvalue weighted by Gasteiger charge is -2.21. The average molecular weight is 276 g/mol. The van der Waals surface area contributed by atoms with E-state index in [0.717, 1.165) is 0 Å². The van der Waals surface area contributed by atoms with Crippen molar-refractivity contribution in [3.05, 3.63) is 34.9 Å². The van der Waals surface area contributed by atoms with E-state index >= 15 is 0 Å². The summed E-state index contributed by atoms with van der Waals surface area (Å²) >= 11 is 5.56. The van der Waals surface area contributed by atoms with E-state index in [1.807, 2.05) is 0 Å². The predicted octanol–water partition coefficient (Wildman–Crippen LogP) is 2.68. The minimum atomic E-state index is -4.72. The summed E-state index contributed by atoms with van der Waals surface area (Å²) in [6.07, 6.45) is -7.29. The van der Waals surface area contributed by atoms with Gasteiger partial charge in [-0.15, -0.1) is 12.4 Å². The van der Waals surface area contributed by atoms with E-state index in [4.69, 9.17) is 22.4 Å². The van der Waals surface area contributed by atoms with Crippen LogP contribution in [0.5, 0.6) is 0 Å². The predicted molar refractivity (Wildman–Crippen MR) is 57.7 cm³/mol. The molecule has 1 aromatic rings. The second-order valence-electron chi connectivity index (χ2n) is 3.06. The minimum Gasteiger partial charge on any atom is -0.382 e. The number of aliphatic hydroxyl groups is 1. The fourth-order valence-electron chi connectivity index (χ4n) is 1.07. The maximum absolute atomic E-state index is 12.1. The maximum Gasteiger partial charge on any atom is 0.416 e. The summed E-state index contributed by atoms with van der Waals surface area (Å²) in [5, 5.41) is 9.29. The molecule has 0 saturated heterocycles. The molecule has 0 aliphatic rings. The first kappa shape index (κ1) is 15.5. The van der Waals surface area contributed by atoms with Crippen LogP contribution in [0.1, 0.15) is 11.6 Å². The average Bonchev–Trinajstić information content (AvgIpc) is 2.15. The molecule has 92 valence electrons. The van der Waals surface area contributed by atoms with Crippen molar-refractivity contribution in [1.82, 2.24) is 0 Å². The second-order valence-corrected chi connectivity index (χ2v) is 3.50. The highest BCUT2D eigenvalue weighted by molar-refractivity contribution is 6.30. The molecule has 0 aromatic heterocycles. The Bertz CT molecular complexity index is 329. The first-order valence-corrected chi connectivity index (χ1v) is 4.46. The van der Waals surface area contributed by atoms with Gasteiger partial charge < -0.3 is 10.8 Å². The number of hydrogen-bond acceptors (Lipinski definition) is 2. The summed E-state index contributed by atoms with van der Waals surface area (Å²) < 4.78 is 36.3. The summed E-state index contributed by atoms with van der Waals surface area (Å²) in [5.41, 5.74) is 5.45. The van der Waals surface area contributed by atoms with Crippen LogP contribution in [0.4, 0.5) is 13.2 Å². The zero-order valence-corrected chi connectivity index (χ0v) is 9.48. The molecule has 0 amide bonds. The van der Waals surface area contributed by atoms with E-state index in [9.17, 15) is 13.2 Å². The lowest BCUT2D eigenvalue weighted by Crippen LogP contribution is -2.38. The molecule has 2 nitrogen and oxygen atoms in total. The van der Waals surface area contributed by atoms with E-state index < -0.39 is 18.3 Å². The Labute approximate surface area is 102 Å². The van der Waals surface area contributed by atoms with Gasteiger partial charge in [-0.1, -0.05) is 23.7 Å². The van der Waals surface area contributed by atoms with Gasteiger partial charge in [0.2, 0.25) is 0 Å². The van der Waals surface area contributed by atoms with Crippen molar-refractivity contribution in [2.45, 2.75) is 18.3 Å². The fourth-order valence-corrected chi connectivity index (χ4v) is 1.20. The number of benzene rings is 1. The van der Waals surface area contributed by atoms with Gasteiger partial charge in [0.15, 0.2) is 6.10 Å². The molecule has 0 fully saturated rings. The van der Waals surface area contributed by atoms with E-state index in [1.54, 1.807) is 0 Å². The fraction of sp³-hybridized carbons (Fsp3) is 0.333. The van der Waals surface area contributed by atoms with Crippen LogP contribution in [0.3, 0.4) is 0 Å². The first-order valence-electron chi connectivity index (χ1n) is 4.08. The molecule has 0 unspecified atom stereocenters. The molecule has 2 atom stereocenters. The highest BCUT2D eigenvalue weighted by Crippen LogP contribution is 2.28. The van der Waals surface area contributed by atoms with E-state index in [0.29, 0.717) is 5.02 Å². The normalized spacial score (nSPS) is 15.1. The molecule has 0 aliphatic carbocycles. The third-order valence-electron chi connectivity index (χ3n) is 1.93. The van der Waals surface area contributed by atoms with Gasteiger partial charge in [-0.25, -0.2) is 0 Å². The van der Waals surface area contributed by atoms with Crippen molar-refractivity contribution in [3.8, 4) is 0 Å². The highest BCUT2D eigenvalue weighted by atomic mass is 35.5. The second kappa shape index (κ2) is 5.72. The zero-order valence-electron chi connectivity index (χ0n) is 7.91. The number of rotatable bonds is 2. The Balaban J connectivity index is 0.00000225. The monoisotopic (exact) mass is 275 g/mol. The van der Waals surface area contributed by atoms with E-state index in [1.165, 1.54) is 24.3 Å². The van der Waals surface area contributed by atoms with Crippen molar-refractivity contribution >= 4 is 24.0 Å². The Morgan fingerprint density at radius 1 is 1.19 bits per heavy atom. The molecule has 16 heavy (non-hydrogen) atoms. The minimum absolute atomic E-state index is 0. The van der Waals surface area contributed by atoms with Crippen LogP contribution in [0.25, 0.3) is 0 Å². The number of alkyl halides is 3. The standard InChI is InChI=1S/C9H9ClF3NO.ClH/c10-6-3-1-5(2-4-6)7(14)8(15)9(11,12)13;/h1-4,7-8,15H,14H2;1H/t7-,8-;/m1./s1. The van der Waals surface area contributed by atoms with Crippen LogP contribution in [0, 0.1) is 0 Å². The third kappa shape index (κ3) is 3.83. The van der Waals surface area contributed by atoms with Crippen molar-refractivity contribution in [1.29, 1.82) is 0 Å². The summed E-state index contributed by atoms with van der Waals surface area (Å²) in [5.74, 6) is 0. The first-order chi connectivity index (χ1) is 6.82. The van der Waals surface area contributed by atoms with Gasteiger partial charge in [-0.05, 0) is 17.7 Å². The molecule has 3 N–H and O–H groups in total. The van der Waals surface area contributed by atoms with Gasteiger partial charge in [0.25, 0.3) is 0 Å². The third-order valence-corrected chi connectivity index (χ3v) is 2.18. The van der Waals surface area contributed by atoms with Gasteiger partial charge in [-0.3, -0.25) is 0 Å². The Morgan fingerprint density at radius 3 is 2.00 bits per heavy atom. The molecule has 0 saturated carbocycles. The summed E-state index contributed by atoms with van der Waals surface area (Å²) in [4.78, 5) is 0. The van der Waals surface area contributed by atoms with Crippen LogP contribution >= 0.6 is 24.0 Å². The van der Waals surface area contributed by atoms with Crippen LogP contribution in [-0.4, -0.2) is 17.4 Å². The molecule has 1 aromatic carbocycles. The van der Waals surface area contributed by atoms with Crippen molar-refractivity contribution in [3.63, 3.8) is 0 Å². The van der Waals surface area contributed by atoms with Crippen LogP contribution in [0.2, 0.25) is 5.02 Å². The topological polar surface area (TPSA) is 46.2 Å². The van der Waals surface area contributed by atoms with E-state index in [2.05, 4.69) is 0 Å². The molecular formula is C9H10Cl2F3NO. The van der Waals surface area contributed by atoms with Gasteiger partial charge in [-0.2, -0.15) is 13.2 Å². The number of aliphatic hydroxyl groups excluding tert-OH is 1.